The summed E-state index contributed by atoms with van der Waals surface area (Å²) in [6, 6.07) is 8.11. The summed E-state index contributed by atoms with van der Waals surface area (Å²) in [6.07, 6.45) is 0.551. The Labute approximate surface area is 143 Å². The van der Waals surface area contributed by atoms with Crippen LogP contribution in [0.2, 0.25) is 0 Å². The summed E-state index contributed by atoms with van der Waals surface area (Å²) in [5.41, 5.74) is 1.38. The lowest BCUT2D eigenvalue weighted by Gasteiger charge is -2.23. The molecule has 0 aliphatic carbocycles. The predicted octanol–water partition coefficient (Wildman–Crippen LogP) is 2.72. The van der Waals surface area contributed by atoms with Gasteiger partial charge in [-0.2, -0.15) is 0 Å². The van der Waals surface area contributed by atoms with E-state index in [-0.39, 0.29) is 28.9 Å². The highest BCUT2D eigenvalue weighted by Gasteiger charge is 2.32. The van der Waals surface area contributed by atoms with E-state index in [1.165, 1.54) is 17.3 Å². The minimum Gasteiger partial charge on any atom is -0.341 e. The van der Waals surface area contributed by atoms with Crippen molar-refractivity contribution in [2.45, 2.75) is 43.5 Å². The molecule has 128 valence electrons. The van der Waals surface area contributed by atoms with Gasteiger partial charge in [0.25, 0.3) is 0 Å². The number of benzene rings is 1. The first-order chi connectivity index (χ1) is 10.6. The van der Waals surface area contributed by atoms with Crippen molar-refractivity contribution in [3.05, 3.63) is 29.8 Å². The molecular formula is C17H25NO3S2. The van der Waals surface area contributed by atoms with Crippen LogP contribution in [0.5, 0.6) is 0 Å². The maximum atomic E-state index is 12.3. The van der Waals surface area contributed by atoms with Crippen molar-refractivity contribution >= 4 is 27.5 Å². The number of carbonyl (C=O) groups excluding carboxylic acids is 1. The van der Waals surface area contributed by atoms with E-state index in [1.54, 1.807) is 11.9 Å². The normalized spacial score (nSPS) is 20.4. The second kappa shape index (κ2) is 6.85. The van der Waals surface area contributed by atoms with E-state index >= 15 is 0 Å². The van der Waals surface area contributed by atoms with E-state index in [1.807, 2.05) is 12.1 Å². The van der Waals surface area contributed by atoms with Crippen LogP contribution in [-0.4, -0.2) is 49.6 Å². The largest absolute Gasteiger partial charge is 0.341 e. The Kier molecular flexibility index (Phi) is 5.46. The molecule has 1 atom stereocenters. The number of hydrogen-bond acceptors (Lipinski definition) is 4. The van der Waals surface area contributed by atoms with E-state index in [2.05, 4.69) is 32.9 Å². The molecule has 0 unspecified atom stereocenters. The van der Waals surface area contributed by atoms with Crippen LogP contribution in [0.4, 0.5) is 0 Å². The van der Waals surface area contributed by atoms with Crippen LogP contribution in [0.15, 0.2) is 29.2 Å². The van der Waals surface area contributed by atoms with Gasteiger partial charge in [0.1, 0.15) is 0 Å². The molecule has 0 N–H and O–H groups in total. The van der Waals surface area contributed by atoms with Crippen molar-refractivity contribution in [3.8, 4) is 0 Å². The fourth-order valence-electron chi connectivity index (χ4n) is 2.58. The topological polar surface area (TPSA) is 54.5 Å². The van der Waals surface area contributed by atoms with Gasteiger partial charge in [0.15, 0.2) is 9.84 Å². The summed E-state index contributed by atoms with van der Waals surface area (Å²) in [7, 11) is -1.26. The quantitative estimate of drug-likeness (QED) is 0.779. The predicted molar refractivity (Wildman–Crippen MR) is 95.7 cm³/mol. The van der Waals surface area contributed by atoms with Crippen LogP contribution in [-0.2, 0) is 20.0 Å². The summed E-state index contributed by atoms with van der Waals surface area (Å²) < 4.78 is 23.0. The molecule has 1 aliphatic heterocycles. The molecule has 1 saturated heterocycles. The highest BCUT2D eigenvalue weighted by Crippen LogP contribution is 2.26. The fraction of sp³-hybridized carbons (Fsp3) is 0.588. The molecule has 1 aromatic rings. The molecule has 0 aromatic heterocycles. The van der Waals surface area contributed by atoms with Crippen molar-refractivity contribution in [2.75, 3.05) is 24.3 Å². The third-order valence-corrected chi connectivity index (χ3v) is 6.98. The molecule has 0 bridgehead atoms. The Balaban J connectivity index is 1.89. The molecule has 6 heteroatoms. The number of thioether (sulfide) groups is 1. The first-order valence-corrected chi connectivity index (χ1v) is 10.6. The Morgan fingerprint density at radius 3 is 2.35 bits per heavy atom. The van der Waals surface area contributed by atoms with Crippen LogP contribution in [0.3, 0.4) is 0 Å². The van der Waals surface area contributed by atoms with Gasteiger partial charge in [-0.05, 0) is 29.5 Å². The van der Waals surface area contributed by atoms with Crippen molar-refractivity contribution in [1.82, 2.24) is 4.90 Å². The first-order valence-electron chi connectivity index (χ1n) is 7.78. The van der Waals surface area contributed by atoms with E-state index < -0.39 is 9.84 Å². The molecule has 0 saturated carbocycles. The minimum absolute atomic E-state index is 0.0167. The number of rotatable bonds is 4. The highest BCUT2D eigenvalue weighted by atomic mass is 32.2. The van der Waals surface area contributed by atoms with Crippen molar-refractivity contribution < 1.29 is 13.2 Å². The van der Waals surface area contributed by atoms with Crippen molar-refractivity contribution in [2.24, 2.45) is 0 Å². The van der Waals surface area contributed by atoms with E-state index in [4.69, 9.17) is 0 Å². The average molecular weight is 356 g/mol. The maximum absolute atomic E-state index is 12.3. The molecule has 0 radical (unpaired) electrons. The Morgan fingerprint density at radius 2 is 1.87 bits per heavy atom. The Hall–Kier alpha value is -1.01. The maximum Gasteiger partial charge on any atom is 0.232 e. The molecule has 0 spiro atoms. The molecule has 1 aliphatic rings. The van der Waals surface area contributed by atoms with Gasteiger partial charge in [-0.3, -0.25) is 4.79 Å². The zero-order chi connectivity index (χ0) is 17.3. The first kappa shape index (κ1) is 18.3. The second-order valence-corrected chi connectivity index (χ2v) is 10.4. The van der Waals surface area contributed by atoms with Crippen LogP contribution >= 0.6 is 11.8 Å². The highest BCUT2D eigenvalue weighted by molar-refractivity contribution is 8.00. The molecule has 23 heavy (non-hydrogen) atoms. The summed E-state index contributed by atoms with van der Waals surface area (Å²) in [6.45, 7) is 6.51. The zero-order valence-electron chi connectivity index (χ0n) is 14.2. The fourth-order valence-corrected chi connectivity index (χ4v) is 5.18. The summed E-state index contributed by atoms with van der Waals surface area (Å²) >= 11 is 1.49. The van der Waals surface area contributed by atoms with E-state index in [0.717, 1.165) is 4.90 Å². The molecule has 1 heterocycles. The number of nitrogens with zero attached hydrogens (tertiary/aromatic N) is 1. The van der Waals surface area contributed by atoms with Crippen LogP contribution in [0.25, 0.3) is 0 Å². The lowest BCUT2D eigenvalue weighted by molar-refractivity contribution is -0.128. The Bertz CT molecular complexity index is 660. The molecular weight excluding hydrogens is 330 g/mol. The molecule has 1 amide bonds. The van der Waals surface area contributed by atoms with Crippen molar-refractivity contribution in [1.29, 1.82) is 0 Å². The van der Waals surface area contributed by atoms with Crippen LogP contribution < -0.4 is 0 Å². The van der Waals surface area contributed by atoms with E-state index in [9.17, 15) is 13.2 Å². The lowest BCUT2D eigenvalue weighted by Crippen LogP contribution is -2.38. The Morgan fingerprint density at radius 1 is 1.26 bits per heavy atom. The third-order valence-electron chi connectivity index (χ3n) is 4.23. The third kappa shape index (κ3) is 4.98. The van der Waals surface area contributed by atoms with Gasteiger partial charge in [-0.15, -0.1) is 11.8 Å². The SMILES string of the molecule is CN(C(=O)CSc1ccc(C(C)(C)C)cc1)[C@H]1CCS(=O)(=O)C1. The standard InChI is InChI=1S/C17H25NO3S2/c1-17(2,3)13-5-7-15(8-6-13)22-11-16(19)18(4)14-9-10-23(20,21)12-14/h5-8,14H,9-12H2,1-4H3/t14-/m0/s1. The van der Waals surface area contributed by atoms with Crippen molar-refractivity contribution in [3.63, 3.8) is 0 Å². The number of carbonyl (C=O) groups is 1. The van der Waals surface area contributed by atoms with Gasteiger partial charge in [0, 0.05) is 18.0 Å². The molecule has 2 rings (SSSR count). The average Bonchev–Trinajstić information content (AvgIpc) is 2.83. The summed E-state index contributed by atoms with van der Waals surface area (Å²) in [4.78, 5) is 14.9. The van der Waals surface area contributed by atoms with Gasteiger partial charge in [-0.25, -0.2) is 8.42 Å². The molecule has 4 nitrogen and oxygen atoms in total. The minimum atomic E-state index is -2.96. The van der Waals surface area contributed by atoms with Gasteiger partial charge >= 0.3 is 0 Å². The van der Waals surface area contributed by atoms with Gasteiger partial charge in [0.05, 0.1) is 17.3 Å². The van der Waals surface area contributed by atoms with Crippen LogP contribution in [0.1, 0.15) is 32.8 Å². The number of sulfone groups is 1. The summed E-state index contributed by atoms with van der Waals surface area (Å²) in [5, 5.41) is 0. The number of amides is 1. The second-order valence-electron chi connectivity index (χ2n) is 7.12. The van der Waals surface area contributed by atoms with Gasteiger partial charge in [-0.1, -0.05) is 32.9 Å². The van der Waals surface area contributed by atoms with Gasteiger partial charge in [0.2, 0.25) is 5.91 Å². The van der Waals surface area contributed by atoms with Crippen LogP contribution in [0, 0.1) is 0 Å². The van der Waals surface area contributed by atoms with Gasteiger partial charge < -0.3 is 4.90 Å². The monoisotopic (exact) mass is 355 g/mol. The molecule has 1 aromatic carbocycles. The number of hydrogen-bond donors (Lipinski definition) is 0. The molecule has 1 fully saturated rings. The zero-order valence-corrected chi connectivity index (χ0v) is 15.8. The summed E-state index contributed by atoms with van der Waals surface area (Å²) in [5.74, 6) is 0.607. The smallest absolute Gasteiger partial charge is 0.232 e. The lowest BCUT2D eigenvalue weighted by atomic mass is 9.87. The van der Waals surface area contributed by atoms with E-state index in [0.29, 0.717) is 12.2 Å².